The molecule has 1 aromatic carbocycles. The average molecular weight is 944 g/mol. The van der Waals surface area contributed by atoms with Crippen LogP contribution in [0.5, 0.6) is 0 Å². The van der Waals surface area contributed by atoms with Gasteiger partial charge in [0.2, 0.25) is 17.7 Å². The molecule has 5 fully saturated rings. The fourth-order valence-electron chi connectivity index (χ4n) is 11.4. The molecule has 4 N–H and O–H groups in total. The molecule has 5 aromatic rings. The van der Waals surface area contributed by atoms with E-state index < -0.39 is 6.04 Å². The van der Waals surface area contributed by atoms with Gasteiger partial charge in [0.1, 0.15) is 35.4 Å². The number of rotatable bonds is 11. The van der Waals surface area contributed by atoms with Gasteiger partial charge < -0.3 is 20.5 Å². The Balaban J connectivity index is 0.712. The van der Waals surface area contributed by atoms with Crippen LogP contribution in [0.15, 0.2) is 35.2 Å². The van der Waals surface area contributed by atoms with E-state index in [1.165, 1.54) is 12.4 Å². The molecule has 4 aromatic heterocycles. The highest BCUT2D eigenvalue weighted by Gasteiger charge is 2.41. The Morgan fingerprint density at radius 1 is 0.870 bits per heavy atom. The first-order valence-electron chi connectivity index (χ1n) is 25.0. The summed E-state index contributed by atoms with van der Waals surface area (Å²) in [6.07, 6.45) is 11.6. The van der Waals surface area contributed by atoms with E-state index in [1.54, 1.807) is 0 Å². The van der Waals surface area contributed by atoms with E-state index in [-0.39, 0.29) is 58.8 Å². The summed E-state index contributed by atoms with van der Waals surface area (Å²) in [6.45, 7) is 18.3. The van der Waals surface area contributed by atoms with Crippen LogP contribution in [0.1, 0.15) is 139 Å². The predicted octanol–water partition coefficient (Wildman–Crippen LogP) is 6.89. The van der Waals surface area contributed by atoms with Crippen molar-refractivity contribution < 1.29 is 23.3 Å². The lowest BCUT2D eigenvalue weighted by molar-refractivity contribution is -0.135. The van der Waals surface area contributed by atoms with Crippen LogP contribution in [0.4, 0.5) is 15.9 Å². The molecule has 0 spiro atoms. The number of fused-ring (bicyclic) bond motifs is 1. The number of nitrogens with two attached hydrogens (primary N) is 1. The molecule has 4 saturated heterocycles. The van der Waals surface area contributed by atoms with Crippen LogP contribution in [0.3, 0.4) is 0 Å². The number of carbonyl (C=O) groups is 3. The number of benzene rings is 1. The third-order valence-electron chi connectivity index (χ3n) is 15.8. The predicted molar refractivity (Wildman–Crippen MR) is 260 cm³/mol. The minimum absolute atomic E-state index is 0.0392. The minimum atomic E-state index is -0.550. The van der Waals surface area contributed by atoms with E-state index in [9.17, 15) is 14.4 Å². The van der Waals surface area contributed by atoms with E-state index in [4.69, 9.17) is 25.3 Å². The standard InChI is InChI=1S/C51H66FN13O4/c1-29-36(26-54-47(57-29)41-44(61-69-45(41)32-7-8-32)43-42-46(53)55-28-56-48(42)65(60-43)50(2,3)4)31-13-19-62(20-14-31)27-40(67)63-21-17-33(18-22-63)51(5,6)64-23-15-30(16-24-64)35-10-9-34(25-37(35)52)58-38-11-12-39(66)59-49(38)68/h9-10,25-26,28,30-33,38,58H,7-8,11-24,27H2,1-6H3,(H2,53,55,56)(H,59,66,68). The first-order chi connectivity index (χ1) is 33.0. The molecule has 1 atom stereocenters. The molecule has 1 saturated carbocycles. The monoisotopic (exact) mass is 944 g/mol. The van der Waals surface area contributed by atoms with Gasteiger partial charge in [0, 0.05) is 48.5 Å². The second-order valence-electron chi connectivity index (χ2n) is 21.7. The fourth-order valence-corrected chi connectivity index (χ4v) is 11.4. The summed E-state index contributed by atoms with van der Waals surface area (Å²) in [5.41, 5.74) is 11.9. The van der Waals surface area contributed by atoms with E-state index in [0.29, 0.717) is 58.6 Å². The molecule has 69 heavy (non-hydrogen) atoms. The maximum atomic E-state index is 15.5. The largest absolute Gasteiger partial charge is 0.383 e. The lowest BCUT2D eigenvalue weighted by atomic mass is 9.77. The Labute approximate surface area is 402 Å². The van der Waals surface area contributed by atoms with Gasteiger partial charge >= 0.3 is 0 Å². The van der Waals surface area contributed by atoms with Crippen molar-refractivity contribution >= 4 is 40.3 Å². The fraction of sp³-hybridized carbons (Fsp3) is 0.588. The Hall–Kier alpha value is -5.88. The number of likely N-dealkylation sites (tertiary alicyclic amines) is 3. The van der Waals surface area contributed by atoms with E-state index in [2.05, 4.69) is 82.0 Å². The summed E-state index contributed by atoms with van der Waals surface area (Å²) in [5, 5.41) is 15.6. The molecule has 1 unspecified atom stereocenters. The first kappa shape index (κ1) is 46.8. The van der Waals surface area contributed by atoms with Crippen molar-refractivity contribution in [1.29, 1.82) is 0 Å². The number of carbonyl (C=O) groups excluding carboxylic acids is 3. The van der Waals surface area contributed by atoms with Gasteiger partial charge in [-0.2, -0.15) is 5.10 Å². The number of hydrogen-bond donors (Lipinski definition) is 3. The highest BCUT2D eigenvalue weighted by atomic mass is 19.1. The number of aromatic nitrogens is 7. The van der Waals surface area contributed by atoms with Crippen molar-refractivity contribution in [2.45, 2.75) is 141 Å². The number of nitrogens with one attached hydrogen (secondary N) is 2. The molecule has 0 radical (unpaired) electrons. The van der Waals surface area contributed by atoms with Gasteiger partial charge in [0.15, 0.2) is 17.2 Å². The molecule has 10 rings (SSSR count). The Morgan fingerprint density at radius 2 is 1.58 bits per heavy atom. The maximum Gasteiger partial charge on any atom is 0.249 e. The minimum Gasteiger partial charge on any atom is -0.383 e. The molecule has 8 heterocycles. The number of piperidine rings is 4. The van der Waals surface area contributed by atoms with Gasteiger partial charge in [-0.15, -0.1) is 0 Å². The lowest BCUT2D eigenvalue weighted by Gasteiger charge is -2.49. The average Bonchev–Trinajstić information content (AvgIpc) is 3.94. The summed E-state index contributed by atoms with van der Waals surface area (Å²) in [6, 6.07) is 4.62. The van der Waals surface area contributed by atoms with Crippen LogP contribution in [0.2, 0.25) is 0 Å². The number of nitrogens with zero attached hydrogens (tertiary/aromatic N) is 10. The molecule has 4 aliphatic heterocycles. The Bertz CT molecular complexity index is 2750. The zero-order valence-corrected chi connectivity index (χ0v) is 40.9. The highest BCUT2D eigenvalue weighted by molar-refractivity contribution is 6.02. The first-order valence-corrected chi connectivity index (χ1v) is 25.0. The van der Waals surface area contributed by atoms with Crippen molar-refractivity contribution in [3.8, 4) is 22.8 Å². The van der Waals surface area contributed by atoms with Gasteiger partial charge in [-0.1, -0.05) is 11.2 Å². The summed E-state index contributed by atoms with van der Waals surface area (Å²) >= 11 is 0. The number of amides is 3. The van der Waals surface area contributed by atoms with Crippen LogP contribution in [0.25, 0.3) is 33.8 Å². The SMILES string of the molecule is Cc1nc(-c2c(-c3nn(C(C)(C)C)c4ncnc(N)c34)noc2C2CC2)ncc1C1CCN(CC(=O)N2CCC(C(C)(C)N3CCC(c4ccc(NC5CCC(=O)NC5=O)cc4F)CC3)CC2)CC1. The summed E-state index contributed by atoms with van der Waals surface area (Å²) in [7, 11) is 0. The van der Waals surface area contributed by atoms with Crippen LogP contribution in [0, 0.1) is 18.7 Å². The molecule has 0 bridgehead atoms. The highest BCUT2D eigenvalue weighted by Crippen LogP contribution is 2.48. The van der Waals surface area contributed by atoms with E-state index in [1.807, 2.05) is 23.0 Å². The third kappa shape index (κ3) is 9.33. The van der Waals surface area contributed by atoms with Gasteiger partial charge in [-0.05, 0) is 167 Å². The number of hydrogen-bond acceptors (Lipinski definition) is 14. The van der Waals surface area contributed by atoms with Crippen LogP contribution < -0.4 is 16.4 Å². The number of halogens is 1. The molecular weight excluding hydrogens is 878 g/mol. The quantitative estimate of drug-likeness (QED) is 0.115. The van der Waals surface area contributed by atoms with Gasteiger partial charge in [0.05, 0.1) is 23.0 Å². The normalized spacial score (nSPS) is 21.0. The summed E-state index contributed by atoms with van der Waals surface area (Å²) < 4.78 is 23.4. The smallest absolute Gasteiger partial charge is 0.249 e. The van der Waals surface area contributed by atoms with E-state index >= 15 is 4.39 Å². The number of aryl methyl sites for hydroxylation is 1. The summed E-state index contributed by atoms with van der Waals surface area (Å²) in [4.78, 5) is 63.3. The number of anilines is 2. The van der Waals surface area contributed by atoms with E-state index in [0.717, 1.165) is 119 Å². The number of imide groups is 1. The molecule has 17 nitrogen and oxygen atoms in total. The van der Waals surface area contributed by atoms with Gasteiger partial charge in [-0.3, -0.25) is 29.5 Å². The lowest BCUT2D eigenvalue weighted by Crippen LogP contribution is -2.55. The zero-order valence-electron chi connectivity index (χ0n) is 40.9. The van der Waals surface area contributed by atoms with Crippen LogP contribution in [-0.2, 0) is 19.9 Å². The Morgan fingerprint density at radius 3 is 2.25 bits per heavy atom. The van der Waals surface area contributed by atoms with Crippen molar-refractivity contribution in [2.24, 2.45) is 5.92 Å². The zero-order chi connectivity index (χ0) is 48.4. The van der Waals surface area contributed by atoms with Crippen molar-refractivity contribution in [3.63, 3.8) is 0 Å². The molecular formula is C51H66FN13O4. The maximum absolute atomic E-state index is 15.5. The topological polar surface area (TPSA) is 206 Å². The van der Waals surface area contributed by atoms with Gasteiger partial charge in [-0.25, -0.2) is 29.0 Å². The van der Waals surface area contributed by atoms with Crippen LogP contribution in [-0.4, -0.2) is 125 Å². The summed E-state index contributed by atoms with van der Waals surface area (Å²) in [5.74, 6) is 2.07. The molecule has 3 amide bonds. The second kappa shape index (κ2) is 18.5. The molecule has 5 aliphatic rings. The third-order valence-corrected chi connectivity index (χ3v) is 15.8. The molecule has 1 aliphatic carbocycles. The van der Waals surface area contributed by atoms with Crippen LogP contribution >= 0.6 is 0 Å². The van der Waals surface area contributed by atoms with Crippen molar-refractivity contribution in [2.75, 3.05) is 56.9 Å². The van der Waals surface area contributed by atoms with Crippen molar-refractivity contribution in [3.05, 3.63) is 59.1 Å². The van der Waals surface area contributed by atoms with Gasteiger partial charge in [0.25, 0.3) is 0 Å². The second-order valence-corrected chi connectivity index (χ2v) is 21.7. The number of nitrogen functional groups attached to an aromatic ring is 1. The molecule has 366 valence electrons. The van der Waals surface area contributed by atoms with Crippen molar-refractivity contribution in [1.82, 2.24) is 54.9 Å². The Kier molecular flexibility index (Phi) is 12.5. The molecule has 18 heteroatoms.